The minimum atomic E-state index is -0.862. The van der Waals surface area contributed by atoms with Crippen LogP contribution in [-0.4, -0.2) is 47.6 Å². The number of rotatable bonds is 2. The predicted molar refractivity (Wildman–Crippen MR) is 58.0 cm³/mol. The number of nitrogens with zero attached hydrogens (tertiary/aromatic N) is 1. The molecule has 16 heavy (non-hydrogen) atoms. The molecule has 0 aromatic carbocycles. The van der Waals surface area contributed by atoms with Crippen LogP contribution in [0.1, 0.15) is 25.7 Å². The summed E-state index contributed by atoms with van der Waals surface area (Å²) in [5, 5.41) is 12.2. The van der Waals surface area contributed by atoms with Crippen LogP contribution < -0.4 is 5.32 Å². The van der Waals surface area contributed by atoms with Crippen LogP contribution in [0.15, 0.2) is 0 Å². The maximum Gasteiger partial charge on any atom is 0.326 e. The molecule has 2 fully saturated rings. The molecular weight excluding hydrogens is 208 g/mol. The molecule has 0 bridgehead atoms. The molecular formula is C11H18N2O3. The van der Waals surface area contributed by atoms with Crippen molar-refractivity contribution >= 4 is 11.9 Å². The molecule has 2 aliphatic heterocycles. The second kappa shape index (κ2) is 4.82. The Balaban J connectivity index is 2.04. The molecule has 0 spiro atoms. The second-order valence-electron chi connectivity index (χ2n) is 4.57. The van der Waals surface area contributed by atoms with Crippen LogP contribution in [0, 0.1) is 5.92 Å². The maximum atomic E-state index is 12.1. The van der Waals surface area contributed by atoms with Crippen molar-refractivity contribution in [2.24, 2.45) is 5.92 Å². The average molecular weight is 226 g/mol. The van der Waals surface area contributed by atoms with Crippen LogP contribution in [-0.2, 0) is 9.59 Å². The highest BCUT2D eigenvalue weighted by Gasteiger charge is 2.36. The van der Waals surface area contributed by atoms with E-state index in [4.69, 9.17) is 5.11 Å². The van der Waals surface area contributed by atoms with E-state index in [-0.39, 0.29) is 11.8 Å². The van der Waals surface area contributed by atoms with Gasteiger partial charge in [0, 0.05) is 13.1 Å². The Morgan fingerprint density at radius 2 is 2.06 bits per heavy atom. The van der Waals surface area contributed by atoms with Crippen LogP contribution in [0.5, 0.6) is 0 Å². The lowest BCUT2D eigenvalue weighted by molar-refractivity contribution is -0.153. The lowest BCUT2D eigenvalue weighted by Crippen LogP contribution is -2.50. The number of hydrogen-bond donors (Lipinski definition) is 2. The summed E-state index contributed by atoms with van der Waals surface area (Å²) >= 11 is 0. The van der Waals surface area contributed by atoms with Crippen LogP contribution in [0.2, 0.25) is 0 Å². The molecule has 0 aliphatic carbocycles. The zero-order chi connectivity index (χ0) is 11.5. The Kier molecular flexibility index (Phi) is 3.43. The molecule has 2 atom stereocenters. The average Bonchev–Trinajstić information content (AvgIpc) is 2.81. The van der Waals surface area contributed by atoms with Crippen molar-refractivity contribution in [3.8, 4) is 0 Å². The largest absolute Gasteiger partial charge is 0.480 e. The minimum Gasteiger partial charge on any atom is -0.480 e. The number of hydrogen-bond acceptors (Lipinski definition) is 3. The first-order valence-electron chi connectivity index (χ1n) is 5.94. The summed E-state index contributed by atoms with van der Waals surface area (Å²) < 4.78 is 0. The van der Waals surface area contributed by atoms with Gasteiger partial charge in [0.1, 0.15) is 6.04 Å². The number of carbonyl (C=O) groups excluding carboxylic acids is 1. The van der Waals surface area contributed by atoms with Gasteiger partial charge in [0.2, 0.25) is 5.91 Å². The Morgan fingerprint density at radius 3 is 2.69 bits per heavy atom. The Morgan fingerprint density at radius 1 is 1.25 bits per heavy atom. The van der Waals surface area contributed by atoms with E-state index in [1.54, 1.807) is 4.90 Å². The number of carbonyl (C=O) groups is 2. The van der Waals surface area contributed by atoms with Crippen LogP contribution >= 0.6 is 0 Å². The summed E-state index contributed by atoms with van der Waals surface area (Å²) in [6.07, 6.45) is 3.27. The van der Waals surface area contributed by atoms with Gasteiger partial charge in [-0.1, -0.05) is 0 Å². The van der Waals surface area contributed by atoms with Gasteiger partial charge < -0.3 is 15.3 Å². The number of nitrogens with one attached hydrogen (secondary N) is 1. The van der Waals surface area contributed by atoms with E-state index in [9.17, 15) is 9.59 Å². The quantitative estimate of drug-likeness (QED) is 0.698. The normalized spacial score (nSPS) is 30.4. The Bertz CT molecular complexity index is 287. The van der Waals surface area contributed by atoms with Crippen molar-refractivity contribution < 1.29 is 14.7 Å². The third-order valence-corrected chi connectivity index (χ3v) is 3.48. The van der Waals surface area contributed by atoms with E-state index in [2.05, 4.69) is 5.32 Å². The van der Waals surface area contributed by atoms with E-state index >= 15 is 0 Å². The van der Waals surface area contributed by atoms with Gasteiger partial charge >= 0.3 is 5.97 Å². The fourth-order valence-corrected chi connectivity index (χ4v) is 2.55. The first kappa shape index (κ1) is 11.4. The van der Waals surface area contributed by atoms with E-state index in [0.29, 0.717) is 19.5 Å². The lowest BCUT2D eigenvalue weighted by Gasteiger charge is -2.34. The molecule has 0 saturated carbocycles. The number of carboxylic acids is 1. The van der Waals surface area contributed by atoms with E-state index in [1.807, 2.05) is 0 Å². The smallest absolute Gasteiger partial charge is 0.326 e. The van der Waals surface area contributed by atoms with Crippen molar-refractivity contribution in [3.63, 3.8) is 0 Å². The highest BCUT2D eigenvalue weighted by molar-refractivity contribution is 5.85. The summed E-state index contributed by atoms with van der Waals surface area (Å²) in [5.41, 5.74) is 0. The monoisotopic (exact) mass is 226 g/mol. The van der Waals surface area contributed by atoms with Crippen molar-refractivity contribution in [1.29, 1.82) is 0 Å². The highest BCUT2D eigenvalue weighted by Crippen LogP contribution is 2.21. The molecule has 0 aromatic heterocycles. The third-order valence-electron chi connectivity index (χ3n) is 3.48. The highest BCUT2D eigenvalue weighted by atomic mass is 16.4. The van der Waals surface area contributed by atoms with E-state index < -0.39 is 12.0 Å². The van der Waals surface area contributed by atoms with Crippen molar-refractivity contribution in [3.05, 3.63) is 0 Å². The molecule has 2 rings (SSSR count). The van der Waals surface area contributed by atoms with Gasteiger partial charge in [0.25, 0.3) is 0 Å². The second-order valence-corrected chi connectivity index (χ2v) is 4.57. The van der Waals surface area contributed by atoms with Gasteiger partial charge in [-0.2, -0.15) is 0 Å². The van der Waals surface area contributed by atoms with E-state index in [1.165, 1.54) is 0 Å². The molecule has 0 radical (unpaired) electrons. The molecule has 2 heterocycles. The van der Waals surface area contributed by atoms with Crippen LogP contribution in [0.4, 0.5) is 0 Å². The summed E-state index contributed by atoms with van der Waals surface area (Å²) in [6, 6.07) is -0.596. The van der Waals surface area contributed by atoms with Crippen molar-refractivity contribution in [2.45, 2.75) is 31.7 Å². The molecule has 5 nitrogen and oxygen atoms in total. The Hall–Kier alpha value is -1.10. The molecule has 2 aliphatic rings. The summed E-state index contributed by atoms with van der Waals surface area (Å²) in [7, 11) is 0. The number of carboxylic acid groups (broad SMARTS) is 1. The Labute approximate surface area is 94.8 Å². The van der Waals surface area contributed by atoms with Gasteiger partial charge in [-0.15, -0.1) is 0 Å². The molecule has 5 heteroatoms. The SMILES string of the molecule is O=C(O)[C@@H]1CCCCN1C(=O)C1CCNC1. The fraction of sp³-hybridized carbons (Fsp3) is 0.818. The first-order valence-corrected chi connectivity index (χ1v) is 5.94. The van der Waals surface area contributed by atoms with Crippen molar-refractivity contribution in [2.75, 3.05) is 19.6 Å². The molecule has 90 valence electrons. The van der Waals surface area contributed by atoms with Crippen LogP contribution in [0.25, 0.3) is 0 Å². The molecule has 1 unspecified atom stereocenters. The minimum absolute atomic E-state index is 0.0139. The van der Waals surface area contributed by atoms with Gasteiger partial charge in [-0.3, -0.25) is 4.79 Å². The summed E-state index contributed by atoms with van der Waals surface area (Å²) in [6.45, 7) is 2.16. The molecule has 0 aromatic rings. The van der Waals surface area contributed by atoms with Gasteiger partial charge in [0.05, 0.1) is 5.92 Å². The maximum absolute atomic E-state index is 12.1. The van der Waals surface area contributed by atoms with Gasteiger partial charge in [-0.25, -0.2) is 4.79 Å². The third kappa shape index (κ3) is 2.19. The van der Waals surface area contributed by atoms with Gasteiger partial charge in [-0.05, 0) is 32.2 Å². The number of amides is 1. The summed E-state index contributed by atoms with van der Waals surface area (Å²) in [4.78, 5) is 24.8. The topological polar surface area (TPSA) is 69.6 Å². The zero-order valence-corrected chi connectivity index (χ0v) is 9.32. The lowest BCUT2D eigenvalue weighted by atomic mass is 9.98. The molecule has 2 saturated heterocycles. The summed E-state index contributed by atoms with van der Waals surface area (Å²) in [5.74, 6) is -0.851. The fourth-order valence-electron chi connectivity index (χ4n) is 2.55. The number of piperidine rings is 1. The van der Waals surface area contributed by atoms with E-state index in [0.717, 1.165) is 25.8 Å². The predicted octanol–water partition coefficient (Wildman–Crippen LogP) is 0.0616. The zero-order valence-electron chi connectivity index (χ0n) is 9.32. The molecule has 1 amide bonds. The number of likely N-dealkylation sites (tertiary alicyclic amines) is 1. The van der Waals surface area contributed by atoms with Gasteiger partial charge in [0.15, 0.2) is 0 Å². The number of aliphatic carboxylic acids is 1. The van der Waals surface area contributed by atoms with Crippen LogP contribution in [0.3, 0.4) is 0 Å². The first-order chi connectivity index (χ1) is 7.70. The molecule has 2 N–H and O–H groups in total. The standard InChI is InChI=1S/C11H18N2O3/c14-10(8-4-5-12-7-8)13-6-2-1-3-9(13)11(15)16/h8-9,12H,1-7H2,(H,15,16)/t8?,9-/m0/s1. The van der Waals surface area contributed by atoms with Crippen molar-refractivity contribution in [1.82, 2.24) is 10.2 Å².